The van der Waals surface area contributed by atoms with Gasteiger partial charge in [0.05, 0.1) is 22.7 Å². The summed E-state index contributed by atoms with van der Waals surface area (Å²) >= 11 is 6.30. The third kappa shape index (κ3) is 5.26. The van der Waals surface area contributed by atoms with Crippen LogP contribution in [0.5, 0.6) is 0 Å². The Hall–Kier alpha value is -3.06. The van der Waals surface area contributed by atoms with Crippen LogP contribution in [-0.2, 0) is 16.0 Å². The smallest absolute Gasteiger partial charge is 0.248 e. The van der Waals surface area contributed by atoms with Gasteiger partial charge in [-0.25, -0.2) is 0 Å². The molecule has 8 heteroatoms. The zero-order valence-corrected chi connectivity index (χ0v) is 17.3. The Kier molecular flexibility index (Phi) is 6.39. The predicted molar refractivity (Wildman–Crippen MR) is 112 cm³/mol. The molecule has 2 amide bonds. The number of hydrogen-bond donors (Lipinski definition) is 2. The fourth-order valence-corrected chi connectivity index (χ4v) is 3.22. The quantitative estimate of drug-likeness (QED) is 0.594. The van der Waals surface area contributed by atoms with Crippen molar-refractivity contribution >= 4 is 34.8 Å². The predicted octanol–water partition coefficient (Wildman–Crippen LogP) is 4.52. The maximum Gasteiger partial charge on any atom is 0.248 e. The minimum absolute atomic E-state index is 0.146. The highest BCUT2D eigenvalue weighted by atomic mass is 35.5. The van der Waals surface area contributed by atoms with E-state index >= 15 is 0 Å². The van der Waals surface area contributed by atoms with Crippen molar-refractivity contribution in [3.63, 3.8) is 0 Å². The Bertz CT molecular complexity index is 1010. The Morgan fingerprint density at radius 1 is 1.21 bits per heavy atom. The first-order valence-electron chi connectivity index (χ1n) is 9.29. The summed E-state index contributed by atoms with van der Waals surface area (Å²) in [6, 6.07) is 10.0. The number of rotatable bonds is 7. The van der Waals surface area contributed by atoms with Crippen molar-refractivity contribution in [1.29, 1.82) is 0 Å². The normalized spacial score (nSPS) is 11.9. The van der Waals surface area contributed by atoms with E-state index in [-0.39, 0.29) is 11.8 Å². The summed E-state index contributed by atoms with van der Waals surface area (Å²) < 4.78 is 6.89. The lowest BCUT2D eigenvalue weighted by Gasteiger charge is -2.16. The maximum absolute atomic E-state index is 12.6. The Labute approximate surface area is 174 Å². The van der Waals surface area contributed by atoms with Gasteiger partial charge in [0.2, 0.25) is 11.8 Å². The van der Waals surface area contributed by atoms with Crippen molar-refractivity contribution in [2.24, 2.45) is 0 Å². The molecule has 3 rings (SSSR count). The second-order valence-electron chi connectivity index (χ2n) is 6.86. The number of carbonyl (C=O) groups excluding carboxylic acids is 2. The van der Waals surface area contributed by atoms with Gasteiger partial charge in [0.1, 0.15) is 11.8 Å². The third-order valence-electron chi connectivity index (χ3n) is 4.48. The number of benzene rings is 1. The van der Waals surface area contributed by atoms with Crippen LogP contribution in [-0.4, -0.2) is 21.6 Å². The van der Waals surface area contributed by atoms with Gasteiger partial charge in [-0.1, -0.05) is 11.6 Å². The van der Waals surface area contributed by atoms with Crippen molar-refractivity contribution in [3.8, 4) is 0 Å². The second kappa shape index (κ2) is 8.96. The molecule has 0 fully saturated rings. The summed E-state index contributed by atoms with van der Waals surface area (Å²) in [6.45, 7) is 5.56. The number of aromatic nitrogens is 2. The summed E-state index contributed by atoms with van der Waals surface area (Å²) in [5.41, 5.74) is 2.79. The number of amides is 2. The molecule has 0 radical (unpaired) electrons. The van der Waals surface area contributed by atoms with Crippen LogP contribution in [0, 0.1) is 13.8 Å². The van der Waals surface area contributed by atoms with Gasteiger partial charge in [-0.15, -0.1) is 0 Å². The average molecular weight is 415 g/mol. The number of halogens is 1. The van der Waals surface area contributed by atoms with Gasteiger partial charge >= 0.3 is 0 Å². The molecule has 0 saturated heterocycles. The number of furan rings is 1. The fraction of sp³-hybridized carbons (Fsp3) is 0.286. The maximum atomic E-state index is 12.6. The monoisotopic (exact) mass is 414 g/mol. The molecule has 0 bridgehead atoms. The zero-order chi connectivity index (χ0) is 21.0. The lowest BCUT2D eigenvalue weighted by molar-refractivity contribution is -0.119. The van der Waals surface area contributed by atoms with Crippen molar-refractivity contribution in [3.05, 3.63) is 64.8 Å². The molecule has 7 nitrogen and oxygen atoms in total. The molecule has 0 spiro atoms. The molecule has 152 valence electrons. The molecule has 2 heterocycles. The summed E-state index contributed by atoms with van der Waals surface area (Å²) in [6.07, 6.45) is 2.39. The van der Waals surface area contributed by atoms with Gasteiger partial charge in [0.15, 0.2) is 0 Å². The SMILES string of the molecule is Cc1cc(C)n(C(C)C(=O)Nc2ccc(NC(=O)CCc3ccco3)cc2Cl)n1. The molecule has 3 aromatic rings. The Morgan fingerprint density at radius 2 is 2.00 bits per heavy atom. The number of nitrogens with one attached hydrogen (secondary N) is 2. The highest BCUT2D eigenvalue weighted by Crippen LogP contribution is 2.26. The summed E-state index contributed by atoms with van der Waals surface area (Å²) in [7, 11) is 0. The molecular formula is C21H23ClN4O3. The van der Waals surface area contributed by atoms with Crippen LogP contribution in [0.2, 0.25) is 5.02 Å². The van der Waals surface area contributed by atoms with Gasteiger partial charge in [-0.05, 0) is 57.2 Å². The molecule has 0 aliphatic carbocycles. The molecule has 1 unspecified atom stereocenters. The van der Waals surface area contributed by atoms with E-state index in [1.165, 1.54) is 0 Å². The van der Waals surface area contributed by atoms with E-state index in [0.29, 0.717) is 29.2 Å². The van der Waals surface area contributed by atoms with Crippen LogP contribution in [0.4, 0.5) is 11.4 Å². The number of anilines is 2. The summed E-state index contributed by atoms with van der Waals surface area (Å²) in [5.74, 6) is 0.383. The minimum atomic E-state index is -0.485. The largest absolute Gasteiger partial charge is 0.469 e. The van der Waals surface area contributed by atoms with E-state index in [1.807, 2.05) is 26.0 Å². The minimum Gasteiger partial charge on any atom is -0.469 e. The Balaban J connectivity index is 1.59. The van der Waals surface area contributed by atoms with Gasteiger partial charge in [0, 0.05) is 24.2 Å². The highest BCUT2D eigenvalue weighted by molar-refractivity contribution is 6.34. The van der Waals surface area contributed by atoms with Gasteiger partial charge in [-0.3, -0.25) is 14.3 Å². The molecule has 0 aliphatic rings. The zero-order valence-electron chi connectivity index (χ0n) is 16.5. The highest BCUT2D eigenvalue weighted by Gasteiger charge is 2.19. The van der Waals surface area contributed by atoms with Gasteiger partial charge in [-0.2, -0.15) is 5.10 Å². The third-order valence-corrected chi connectivity index (χ3v) is 4.79. The molecule has 1 aromatic carbocycles. The first-order valence-corrected chi connectivity index (χ1v) is 9.66. The molecule has 2 N–H and O–H groups in total. The molecular weight excluding hydrogens is 392 g/mol. The van der Waals surface area contributed by atoms with Crippen molar-refractivity contribution in [2.45, 2.75) is 39.7 Å². The first-order chi connectivity index (χ1) is 13.8. The van der Waals surface area contributed by atoms with Crippen molar-refractivity contribution in [2.75, 3.05) is 10.6 Å². The standard InChI is InChI=1S/C21H23ClN4O3/c1-13-11-14(2)26(25-13)15(3)21(28)24-19-8-6-16(12-18(19)22)23-20(27)9-7-17-5-4-10-29-17/h4-6,8,10-12,15H,7,9H2,1-3H3,(H,23,27)(H,24,28). The summed E-state index contributed by atoms with van der Waals surface area (Å²) in [4.78, 5) is 24.7. The van der Waals surface area contributed by atoms with Crippen LogP contribution in [0.1, 0.15) is 36.5 Å². The van der Waals surface area contributed by atoms with Gasteiger partial charge < -0.3 is 15.1 Å². The van der Waals surface area contributed by atoms with Crippen LogP contribution in [0.15, 0.2) is 47.1 Å². The first kappa shape index (κ1) is 20.7. The number of aryl methyl sites for hydroxylation is 3. The van der Waals surface area contributed by atoms with Crippen molar-refractivity contribution in [1.82, 2.24) is 9.78 Å². The average Bonchev–Trinajstić information content (AvgIpc) is 3.30. The number of nitrogens with zero attached hydrogens (tertiary/aromatic N) is 2. The van der Waals surface area contributed by atoms with E-state index < -0.39 is 6.04 Å². The molecule has 2 aromatic heterocycles. The molecule has 1 atom stereocenters. The van der Waals surface area contributed by atoms with Gasteiger partial charge in [0.25, 0.3) is 0 Å². The van der Waals surface area contributed by atoms with Crippen LogP contribution in [0.25, 0.3) is 0 Å². The molecule has 0 saturated carbocycles. The summed E-state index contributed by atoms with van der Waals surface area (Å²) in [5, 5.41) is 10.3. The lowest BCUT2D eigenvalue weighted by atomic mass is 10.2. The number of hydrogen-bond acceptors (Lipinski definition) is 4. The Morgan fingerprint density at radius 3 is 2.62 bits per heavy atom. The van der Waals surface area contributed by atoms with E-state index in [4.69, 9.17) is 16.0 Å². The fourth-order valence-electron chi connectivity index (χ4n) is 3.00. The lowest BCUT2D eigenvalue weighted by Crippen LogP contribution is -2.25. The van der Waals surface area contributed by atoms with E-state index in [9.17, 15) is 9.59 Å². The molecule has 29 heavy (non-hydrogen) atoms. The van der Waals surface area contributed by atoms with Crippen LogP contribution in [0.3, 0.4) is 0 Å². The van der Waals surface area contributed by atoms with Crippen LogP contribution >= 0.6 is 11.6 Å². The van der Waals surface area contributed by atoms with Crippen LogP contribution < -0.4 is 10.6 Å². The van der Waals surface area contributed by atoms with E-state index in [0.717, 1.165) is 17.1 Å². The molecule has 0 aliphatic heterocycles. The second-order valence-corrected chi connectivity index (χ2v) is 7.27. The van der Waals surface area contributed by atoms with Crippen molar-refractivity contribution < 1.29 is 14.0 Å². The topological polar surface area (TPSA) is 89.2 Å². The number of carbonyl (C=O) groups is 2. The van der Waals surface area contributed by atoms with E-state index in [1.54, 1.807) is 42.1 Å². The van der Waals surface area contributed by atoms with E-state index in [2.05, 4.69) is 15.7 Å².